The summed E-state index contributed by atoms with van der Waals surface area (Å²) < 4.78 is 1.16. The van der Waals surface area contributed by atoms with Crippen molar-refractivity contribution in [2.24, 2.45) is 0 Å². The second-order valence-corrected chi connectivity index (χ2v) is 4.83. The first-order chi connectivity index (χ1) is 7.81. The molecular weight excluding hydrogens is 260 g/mol. The molecule has 2 rings (SSSR count). The van der Waals surface area contributed by atoms with Crippen LogP contribution in [0.3, 0.4) is 0 Å². The third kappa shape index (κ3) is 2.53. The molecular formula is C15H15Br. The molecule has 0 fully saturated rings. The van der Waals surface area contributed by atoms with E-state index in [9.17, 15) is 0 Å². The Hall–Kier alpha value is -1.08. The van der Waals surface area contributed by atoms with E-state index >= 15 is 0 Å². The molecule has 1 heteroatoms. The molecule has 0 saturated carbocycles. The molecule has 2 aromatic rings. The summed E-state index contributed by atoms with van der Waals surface area (Å²) in [6.07, 6.45) is 2.31. The van der Waals surface area contributed by atoms with Crippen molar-refractivity contribution in [2.75, 3.05) is 0 Å². The van der Waals surface area contributed by atoms with E-state index < -0.39 is 0 Å². The number of rotatable bonds is 3. The minimum Gasteiger partial charge on any atom is -0.0651 e. The minimum absolute atomic E-state index is 1.13. The highest BCUT2D eigenvalue weighted by Crippen LogP contribution is 2.27. The number of aryl methyl sites for hydroxylation is 1. The summed E-state index contributed by atoms with van der Waals surface area (Å²) in [7, 11) is 0. The van der Waals surface area contributed by atoms with E-state index in [2.05, 4.69) is 71.4 Å². The maximum Gasteiger partial charge on any atom is 0.0178 e. The molecule has 0 spiro atoms. The van der Waals surface area contributed by atoms with Crippen LogP contribution < -0.4 is 0 Å². The number of halogens is 1. The van der Waals surface area contributed by atoms with Crippen LogP contribution in [0, 0.1) is 0 Å². The van der Waals surface area contributed by atoms with Crippen LogP contribution in [0.25, 0.3) is 11.1 Å². The van der Waals surface area contributed by atoms with Crippen LogP contribution >= 0.6 is 15.9 Å². The Labute approximate surface area is 105 Å². The van der Waals surface area contributed by atoms with Crippen molar-refractivity contribution in [3.8, 4) is 11.1 Å². The van der Waals surface area contributed by atoms with E-state index in [4.69, 9.17) is 0 Å². The summed E-state index contributed by atoms with van der Waals surface area (Å²) in [6.45, 7) is 2.22. The lowest BCUT2D eigenvalue weighted by atomic mass is 9.97. The fourth-order valence-corrected chi connectivity index (χ4v) is 2.35. The fourth-order valence-electron chi connectivity index (χ4n) is 1.94. The molecule has 0 unspecified atom stereocenters. The van der Waals surface area contributed by atoms with Crippen LogP contribution in [0.15, 0.2) is 53.0 Å². The third-order valence-corrected chi connectivity index (χ3v) is 3.16. The second-order valence-electron chi connectivity index (χ2n) is 3.92. The van der Waals surface area contributed by atoms with E-state index in [1.165, 1.54) is 23.1 Å². The molecule has 0 N–H and O–H groups in total. The van der Waals surface area contributed by atoms with Crippen LogP contribution in [-0.4, -0.2) is 0 Å². The molecule has 0 aliphatic carbocycles. The fraction of sp³-hybridized carbons (Fsp3) is 0.200. The molecule has 2 aromatic carbocycles. The lowest BCUT2D eigenvalue weighted by Gasteiger charge is -2.09. The van der Waals surface area contributed by atoms with E-state index in [1.807, 2.05) is 0 Å². The largest absolute Gasteiger partial charge is 0.0651 e. The van der Waals surface area contributed by atoms with Gasteiger partial charge in [-0.15, -0.1) is 0 Å². The average Bonchev–Trinajstić information content (AvgIpc) is 2.31. The Bertz CT molecular complexity index is 460. The summed E-state index contributed by atoms with van der Waals surface area (Å²) in [5.74, 6) is 0. The highest BCUT2D eigenvalue weighted by molar-refractivity contribution is 9.10. The lowest BCUT2D eigenvalue weighted by molar-refractivity contribution is 0.923. The SMILES string of the molecule is CCCc1cc(Br)ccc1-c1ccccc1. The zero-order valence-electron chi connectivity index (χ0n) is 9.41. The molecule has 0 amide bonds. The quantitative estimate of drug-likeness (QED) is 0.733. The van der Waals surface area contributed by atoms with Gasteiger partial charge in [-0.3, -0.25) is 0 Å². The standard InChI is InChI=1S/C15H15Br/c1-2-6-13-11-14(16)9-10-15(13)12-7-4-3-5-8-12/h3-5,7-11H,2,6H2,1H3. The minimum atomic E-state index is 1.13. The molecule has 0 aliphatic heterocycles. The van der Waals surface area contributed by atoms with Gasteiger partial charge in [-0.05, 0) is 35.2 Å². The van der Waals surface area contributed by atoms with Gasteiger partial charge in [-0.2, -0.15) is 0 Å². The normalized spacial score (nSPS) is 10.4. The summed E-state index contributed by atoms with van der Waals surface area (Å²) in [5, 5.41) is 0. The van der Waals surface area contributed by atoms with Crippen LogP contribution in [0.1, 0.15) is 18.9 Å². The van der Waals surface area contributed by atoms with Gasteiger partial charge in [0.05, 0.1) is 0 Å². The summed E-state index contributed by atoms with van der Waals surface area (Å²) >= 11 is 3.54. The second kappa shape index (κ2) is 5.31. The van der Waals surface area contributed by atoms with Crippen LogP contribution in [-0.2, 0) is 6.42 Å². The number of hydrogen-bond acceptors (Lipinski definition) is 0. The first kappa shape index (κ1) is 11.4. The van der Waals surface area contributed by atoms with Crippen LogP contribution in [0.5, 0.6) is 0 Å². The molecule has 0 nitrogen and oxygen atoms in total. The molecule has 0 saturated heterocycles. The van der Waals surface area contributed by atoms with E-state index in [1.54, 1.807) is 0 Å². The first-order valence-corrected chi connectivity index (χ1v) is 6.44. The Morgan fingerprint density at radius 2 is 1.75 bits per heavy atom. The van der Waals surface area contributed by atoms with Crippen molar-refractivity contribution in [1.82, 2.24) is 0 Å². The van der Waals surface area contributed by atoms with Crippen molar-refractivity contribution in [1.29, 1.82) is 0 Å². The zero-order valence-corrected chi connectivity index (χ0v) is 11.0. The molecule has 0 bridgehead atoms. The van der Waals surface area contributed by atoms with Gasteiger partial charge in [-0.1, -0.05) is 65.7 Å². The van der Waals surface area contributed by atoms with Gasteiger partial charge in [0.25, 0.3) is 0 Å². The maximum atomic E-state index is 3.54. The smallest absolute Gasteiger partial charge is 0.0178 e. The van der Waals surface area contributed by atoms with Gasteiger partial charge in [0, 0.05) is 4.47 Å². The van der Waals surface area contributed by atoms with E-state index in [0.29, 0.717) is 0 Å². The van der Waals surface area contributed by atoms with Gasteiger partial charge in [0.2, 0.25) is 0 Å². The Balaban J connectivity index is 2.48. The highest BCUT2D eigenvalue weighted by atomic mass is 79.9. The molecule has 16 heavy (non-hydrogen) atoms. The molecule has 0 aliphatic rings. The van der Waals surface area contributed by atoms with Gasteiger partial charge in [0.1, 0.15) is 0 Å². The Morgan fingerprint density at radius 1 is 1.00 bits per heavy atom. The summed E-state index contributed by atoms with van der Waals surface area (Å²) in [5.41, 5.74) is 4.08. The molecule has 82 valence electrons. The number of hydrogen-bond donors (Lipinski definition) is 0. The van der Waals surface area contributed by atoms with Crippen molar-refractivity contribution in [2.45, 2.75) is 19.8 Å². The lowest BCUT2D eigenvalue weighted by Crippen LogP contribution is -1.89. The van der Waals surface area contributed by atoms with Crippen LogP contribution in [0.4, 0.5) is 0 Å². The van der Waals surface area contributed by atoms with Crippen molar-refractivity contribution < 1.29 is 0 Å². The summed E-state index contributed by atoms with van der Waals surface area (Å²) in [6, 6.07) is 17.1. The van der Waals surface area contributed by atoms with E-state index in [0.717, 1.165) is 10.9 Å². The Kier molecular flexibility index (Phi) is 3.79. The zero-order chi connectivity index (χ0) is 11.4. The van der Waals surface area contributed by atoms with Gasteiger partial charge >= 0.3 is 0 Å². The molecule has 0 aromatic heterocycles. The molecule has 0 heterocycles. The molecule has 0 atom stereocenters. The third-order valence-electron chi connectivity index (χ3n) is 2.67. The maximum absolute atomic E-state index is 3.54. The topological polar surface area (TPSA) is 0 Å². The van der Waals surface area contributed by atoms with E-state index in [-0.39, 0.29) is 0 Å². The summed E-state index contributed by atoms with van der Waals surface area (Å²) in [4.78, 5) is 0. The predicted molar refractivity (Wildman–Crippen MR) is 73.6 cm³/mol. The monoisotopic (exact) mass is 274 g/mol. The predicted octanol–water partition coefficient (Wildman–Crippen LogP) is 5.07. The first-order valence-electron chi connectivity index (χ1n) is 5.65. The van der Waals surface area contributed by atoms with Gasteiger partial charge in [0.15, 0.2) is 0 Å². The van der Waals surface area contributed by atoms with Crippen molar-refractivity contribution >= 4 is 15.9 Å². The van der Waals surface area contributed by atoms with Crippen LogP contribution in [0.2, 0.25) is 0 Å². The van der Waals surface area contributed by atoms with Crippen molar-refractivity contribution in [3.63, 3.8) is 0 Å². The van der Waals surface area contributed by atoms with Gasteiger partial charge in [-0.25, -0.2) is 0 Å². The van der Waals surface area contributed by atoms with Gasteiger partial charge < -0.3 is 0 Å². The molecule has 0 radical (unpaired) electrons. The van der Waals surface area contributed by atoms with Crippen molar-refractivity contribution in [3.05, 3.63) is 58.6 Å². The number of benzene rings is 2. The Morgan fingerprint density at radius 3 is 2.44 bits per heavy atom. The average molecular weight is 275 g/mol. The highest BCUT2D eigenvalue weighted by Gasteiger charge is 2.04.